The third-order valence-electron chi connectivity index (χ3n) is 5.84. The molecule has 0 bridgehead atoms. The molecule has 186 valence electrons. The summed E-state index contributed by atoms with van der Waals surface area (Å²) in [4.78, 5) is 35.3. The van der Waals surface area contributed by atoms with Crippen LogP contribution in [0.4, 0.5) is 4.79 Å². The van der Waals surface area contributed by atoms with Crippen LogP contribution in [0.25, 0.3) is 0 Å². The lowest BCUT2D eigenvalue weighted by Crippen LogP contribution is -2.53. The Bertz CT molecular complexity index is 638. The van der Waals surface area contributed by atoms with E-state index < -0.39 is 5.60 Å². The zero-order chi connectivity index (χ0) is 23.2. The number of nitrogens with zero attached hydrogens (tertiary/aromatic N) is 4. The minimum Gasteiger partial charge on any atom is -0.444 e. The number of likely N-dealkylation sites (tertiary alicyclic amines) is 1. The Balaban J connectivity index is 0.00000512. The van der Waals surface area contributed by atoms with Crippen LogP contribution in [0, 0.1) is 5.92 Å². The highest BCUT2D eigenvalue weighted by Crippen LogP contribution is 2.32. The molecule has 1 aliphatic heterocycles. The van der Waals surface area contributed by atoms with Gasteiger partial charge in [-0.25, -0.2) is 9.79 Å². The van der Waals surface area contributed by atoms with E-state index in [1.807, 2.05) is 25.7 Å². The number of likely N-dealkylation sites (N-methyl/N-ethyl adjacent to an activating group) is 1. The zero-order valence-electron chi connectivity index (χ0n) is 21.0. The predicted octanol–water partition coefficient (Wildman–Crippen LogP) is 3.55. The average Bonchev–Trinajstić information content (AvgIpc) is 3.51. The summed E-state index contributed by atoms with van der Waals surface area (Å²) in [7, 11) is 3.49. The van der Waals surface area contributed by atoms with Crippen molar-refractivity contribution in [2.75, 3.05) is 40.3 Å². The molecule has 0 radical (unpaired) electrons. The molecule has 2 amide bonds. The van der Waals surface area contributed by atoms with Crippen LogP contribution in [-0.2, 0) is 9.53 Å². The molecule has 0 aromatic carbocycles. The second-order valence-electron chi connectivity index (χ2n) is 10.2. The number of amides is 2. The number of hydrogen-bond donors (Lipinski definition) is 1. The molecule has 2 fully saturated rings. The van der Waals surface area contributed by atoms with Crippen molar-refractivity contribution in [3.63, 3.8) is 0 Å². The second kappa shape index (κ2) is 12.8. The van der Waals surface area contributed by atoms with Crippen LogP contribution >= 0.6 is 24.0 Å². The van der Waals surface area contributed by atoms with Crippen LogP contribution < -0.4 is 5.32 Å². The van der Waals surface area contributed by atoms with Gasteiger partial charge in [0.2, 0.25) is 5.91 Å². The summed E-state index contributed by atoms with van der Waals surface area (Å²) in [6, 6.07) is 0.457. The van der Waals surface area contributed by atoms with Gasteiger partial charge in [-0.3, -0.25) is 4.79 Å². The largest absolute Gasteiger partial charge is 0.444 e. The molecule has 0 spiro atoms. The van der Waals surface area contributed by atoms with E-state index in [0.717, 1.165) is 44.9 Å². The number of guanidine groups is 1. The molecule has 2 rings (SSSR count). The number of piperidine rings is 1. The summed E-state index contributed by atoms with van der Waals surface area (Å²) in [5, 5.41) is 3.47. The van der Waals surface area contributed by atoms with Crippen molar-refractivity contribution in [2.24, 2.45) is 10.9 Å². The minimum absolute atomic E-state index is 0. The number of carbonyl (C=O) groups excluding carboxylic acids is 2. The summed E-state index contributed by atoms with van der Waals surface area (Å²) in [6.45, 7) is 12.5. The van der Waals surface area contributed by atoms with Gasteiger partial charge in [0.1, 0.15) is 12.1 Å². The Morgan fingerprint density at radius 2 is 1.75 bits per heavy atom. The molecule has 2 aliphatic rings. The van der Waals surface area contributed by atoms with E-state index in [4.69, 9.17) is 4.74 Å². The summed E-state index contributed by atoms with van der Waals surface area (Å²) in [6.07, 6.45) is 4.93. The SMILES string of the molecule is CCC(C)NC(=NCC(=O)N(C)C)N1CCC(N(CC2CC2)C(=O)OC(C)(C)C)CC1.I. The van der Waals surface area contributed by atoms with Crippen LogP contribution in [-0.4, -0.2) is 90.6 Å². The van der Waals surface area contributed by atoms with Crippen LogP contribution in [0.5, 0.6) is 0 Å². The van der Waals surface area contributed by atoms with Crippen molar-refractivity contribution < 1.29 is 14.3 Å². The molecule has 0 aromatic heterocycles. The van der Waals surface area contributed by atoms with Gasteiger partial charge in [-0.2, -0.15) is 0 Å². The fourth-order valence-electron chi connectivity index (χ4n) is 3.50. The number of ether oxygens (including phenoxy) is 1. The molecule has 8 nitrogen and oxygen atoms in total. The van der Waals surface area contributed by atoms with Crippen molar-refractivity contribution in [3.05, 3.63) is 0 Å². The lowest BCUT2D eigenvalue weighted by atomic mass is 10.0. The minimum atomic E-state index is -0.487. The fraction of sp³-hybridized carbons (Fsp3) is 0.870. The predicted molar refractivity (Wildman–Crippen MR) is 140 cm³/mol. The molecule has 1 saturated carbocycles. The number of rotatable bonds is 7. The average molecular weight is 566 g/mol. The number of halogens is 1. The van der Waals surface area contributed by atoms with Gasteiger partial charge >= 0.3 is 6.09 Å². The summed E-state index contributed by atoms with van der Waals surface area (Å²) < 4.78 is 5.71. The molecule has 1 heterocycles. The molecule has 1 atom stereocenters. The molecule has 32 heavy (non-hydrogen) atoms. The normalized spacial score (nSPS) is 18.5. The zero-order valence-corrected chi connectivity index (χ0v) is 23.3. The van der Waals surface area contributed by atoms with Gasteiger partial charge in [0, 0.05) is 45.8 Å². The van der Waals surface area contributed by atoms with Gasteiger partial charge in [0.25, 0.3) is 0 Å². The second-order valence-corrected chi connectivity index (χ2v) is 10.2. The topological polar surface area (TPSA) is 77.5 Å². The van der Waals surface area contributed by atoms with Crippen molar-refractivity contribution in [2.45, 2.75) is 84.4 Å². The number of carbonyl (C=O) groups is 2. The maximum absolute atomic E-state index is 12.9. The summed E-state index contributed by atoms with van der Waals surface area (Å²) in [5.74, 6) is 1.39. The maximum Gasteiger partial charge on any atom is 0.410 e. The monoisotopic (exact) mass is 565 g/mol. The number of aliphatic imine (C=N–C) groups is 1. The highest BCUT2D eigenvalue weighted by molar-refractivity contribution is 14.0. The van der Waals surface area contributed by atoms with E-state index >= 15 is 0 Å². The van der Waals surface area contributed by atoms with E-state index in [1.54, 1.807) is 19.0 Å². The Morgan fingerprint density at radius 1 is 1.16 bits per heavy atom. The third-order valence-corrected chi connectivity index (χ3v) is 5.84. The van der Waals surface area contributed by atoms with Gasteiger partial charge in [-0.1, -0.05) is 6.92 Å². The standard InChI is InChI=1S/C23H43N5O3.HI/c1-8-17(2)25-21(24-15-20(29)26(6)7)27-13-11-19(12-14-27)28(16-18-9-10-18)22(30)31-23(3,4)5;/h17-19H,8-16H2,1-7H3,(H,24,25);1H. The van der Waals surface area contributed by atoms with E-state index in [0.29, 0.717) is 5.92 Å². The van der Waals surface area contributed by atoms with Crippen molar-refractivity contribution >= 4 is 41.9 Å². The van der Waals surface area contributed by atoms with Gasteiger partial charge in [-0.15, -0.1) is 24.0 Å². The quantitative estimate of drug-likeness (QED) is 0.290. The van der Waals surface area contributed by atoms with E-state index in [9.17, 15) is 9.59 Å². The first-order valence-corrected chi connectivity index (χ1v) is 11.8. The number of hydrogen-bond acceptors (Lipinski definition) is 4. The van der Waals surface area contributed by atoms with Gasteiger partial charge in [0.15, 0.2) is 5.96 Å². The molecular formula is C23H44IN5O3. The smallest absolute Gasteiger partial charge is 0.410 e. The summed E-state index contributed by atoms with van der Waals surface area (Å²) in [5.41, 5.74) is -0.487. The molecule has 1 aliphatic carbocycles. The first kappa shape index (κ1) is 28.8. The molecule has 9 heteroatoms. The van der Waals surface area contributed by atoms with Crippen molar-refractivity contribution in [1.29, 1.82) is 0 Å². The Labute approximate surface area is 211 Å². The lowest BCUT2D eigenvalue weighted by Gasteiger charge is -2.40. The fourth-order valence-corrected chi connectivity index (χ4v) is 3.50. The highest BCUT2D eigenvalue weighted by Gasteiger charge is 2.35. The lowest BCUT2D eigenvalue weighted by molar-refractivity contribution is -0.127. The summed E-state index contributed by atoms with van der Waals surface area (Å²) >= 11 is 0. The van der Waals surface area contributed by atoms with Gasteiger partial charge in [-0.05, 0) is 65.7 Å². The Morgan fingerprint density at radius 3 is 2.22 bits per heavy atom. The van der Waals surface area contributed by atoms with E-state index in [2.05, 4.69) is 29.1 Å². The van der Waals surface area contributed by atoms with Crippen LogP contribution in [0.2, 0.25) is 0 Å². The Kier molecular flexibility index (Phi) is 11.5. The van der Waals surface area contributed by atoms with E-state index in [1.165, 1.54) is 12.8 Å². The molecule has 1 saturated heterocycles. The van der Waals surface area contributed by atoms with E-state index in [-0.39, 0.29) is 54.6 Å². The Hall–Kier alpha value is -1.26. The first-order chi connectivity index (χ1) is 14.5. The number of nitrogens with one attached hydrogen (secondary N) is 1. The van der Waals surface area contributed by atoms with Crippen molar-refractivity contribution in [3.8, 4) is 0 Å². The molecular weight excluding hydrogens is 521 g/mol. The van der Waals surface area contributed by atoms with Crippen LogP contribution in [0.1, 0.15) is 66.7 Å². The third kappa shape index (κ3) is 9.70. The van der Waals surface area contributed by atoms with Crippen LogP contribution in [0.3, 0.4) is 0 Å². The first-order valence-electron chi connectivity index (χ1n) is 11.8. The van der Waals surface area contributed by atoms with Crippen molar-refractivity contribution in [1.82, 2.24) is 20.0 Å². The molecule has 1 N–H and O–H groups in total. The van der Waals surface area contributed by atoms with Crippen LogP contribution in [0.15, 0.2) is 4.99 Å². The molecule has 0 aromatic rings. The highest BCUT2D eigenvalue weighted by atomic mass is 127. The van der Waals surface area contributed by atoms with Gasteiger partial charge in [0.05, 0.1) is 0 Å². The molecule has 1 unspecified atom stereocenters. The van der Waals surface area contributed by atoms with Gasteiger partial charge < -0.3 is 24.8 Å². The maximum atomic E-state index is 12.9.